The van der Waals surface area contributed by atoms with E-state index in [1.165, 1.54) is 0 Å². The first-order valence-corrected chi connectivity index (χ1v) is 2.56. The van der Waals surface area contributed by atoms with Crippen molar-refractivity contribution >= 4 is 0 Å². The predicted octanol–water partition coefficient (Wildman–Crippen LogP) is 1.81. The van der Waals surface area contributed by atoms with Crippen molar-refractivity contribution in [3.8, 4) is 0 Å². The van der Waals surface area contributed by atoms with Gasteiger partial charge in [-0.25, -0.2) is 0 Å². The van der Waals surface area contributed by atoms with E-state index >= 15 is 0 Å². The maximum Gasteiger partial charge on any atom is 0.000408 e. The molecule has 0 aromatic heterocycles. The van der Waals surface area contributed by atoms with Crippen LogP contribution in [0.15, 0.2) is 37.2 Å². The van der Waals surface area contributed by atoms with E-state index in [1.54, 1.807) is 6.08 Å². The van der Waals surface area contributed by atoms with Crippen molar-refractivity contribution in [2.24, 2.45) is 0 Å². The Labute approximate surface area is 50.4 Å². The highest BCUT2D eigenvalue weighted by atomic mass is 14.8. The fraction of sp³-hybridized carbons (Fsp3) is 0.143. The lowest BCUT2D eigenvalue weighted by atomic mass is 10.6. The van der Waals surface area contributed by atoms with Gasteiger partial charge in [-0.15, -0.1) is 0 Å². The molecule has 44 valence electrons. The molecule has 0 aromatic rings. The Morgan fingerprint density at radius 1 is 1.38 bits per heavy atom. The normalized spacial score (nSPS) is 10.6. The van der Waals surface area contributed by atoms with Gasteiger partial charge < -0.3 is 5.32 Å². The van der Waals surface area contributed by atoms with Gasteiger partial charge in [0.15, 0.2) is 0 Å². The number of nitrogens with one attached hydrogen (secondary N) is 1. The average Bonchev–Trinajstić information content (AvgIpc) is 1.81. The van der Waals surface area contributed by atoms with Gasteiger partial charge in [0, 0.05) is 6.20 Å². The van der Waals surface area contributed by atoms with Gasteiger partial charge in [-0.05, 0) is 19.2 Å². The summed E-state index contributed by atoms with van der Waals surface area (Å²) in [6.07, 6.45) is 9.14. The van der Waals surface area contributed by atoms with Crippen LogP contribution >= 0.6 is 0 Å². The van der Waals surface area contributed by atoms with E-state index in [2.05, 4.69) is 11.9 Å². The zero-order valence-electron chi connectivity index (χ0n) is 5.09. The lowest BCUT2D eigenvalue weighted by molar-refractivity contribution is 1.19. The van der Waals surface area contributed by atoms with Crippen LogP contribution in [0.3, 0.4) is 0 Å². The molecule has 0 heterocycles. The molecule has 0 unspecified atom stereocenters. The van der Waals surface area contributed by atoms with Crippen LogP contribution in [0, 0.1) is 0 Å². The minimum Gasteiger partial charge on any atom is -0.368 e. The van der Waals surface area contributed by atoms with Crippen molar-refractivity contribution in [1.82, 2.24) is 5.32 Å². The Kier molecular flexibility index (Phi) is 5.28. The van der Waals surface area contributed by atoms with E-state index in [-0.39, 0.29) is 0 Å². The smallest absolute Gasteiger partial charge is 0.000408 e. The van der Waals surface area contributed by atoms with E-state index in [1.807, 2.05) is 31.5 Å². The molecule has 0 aliphatic carbocycles. The molecule has 1 N–H and O–H groups in total. The Morgan fingerprint density at radius 2 is 2.12 bits per heavy atom. The standard InChI is InChI=1S/C7H11N/c1-3-5-7-8-6-4-2/h3-8H,1H2,2H3. The molecule has 0 atom stereocenters. The van der Waals surface area contributed by atoms with Crippen molar-refractivity contribution in [3.05, 3.63) is 37.2 Å². The number of hydrogen-bond acceptors (Lipinski definition) is 1. The summed E-state index contributed by atoms with van der Waals surface area (Å²) in [7, 11) is 0. The molecule has 0 radical (unpaired) electrons. The van der Waals surface area contributed by atoms with Crippen molar-refractivity contribution in [2.75, 3.05) is 0 Å². The van der Waals surface area contributed by atoms with E-state index in [0.717, 1.165) is 0 Å². The molecule has 0 rings (SSSR count). The van der Waals surface area contributed by atoms with Gasteiger partial charge >= 0.3 is 0 Å². The van der Waals surface area contributed by atoms with E-state index in [4.69, 9.17) is 0 Å². The SMILES string of the molecule is C=CC=CNC=CC. The fourth-order valence-corrected chi connectivity index (χ4v) is 0.275. The Balaban J connectivity index is 3.15. The van der Waals surface area contributed by atoms with Gasteiger partial charge in [0.25, 0.3) is 0 Å². The highest BCUT2D eigenvalue weighted by Gasteiger charge is 1.57. The monoisotopic (exact) mass is 109 g/mol. The molecule has 0 amide bonds. The van der Waals surface area contributed by atoms with Gasteiger partial charge in [-0.2, -0.15) is 0 Å². The summed E-state index contributed by atoms with van der Waals surface area (Å²) in [5.74, 6) is 0. The average molecular weight is 109 g/mol. The largest absolute Gasteiger partial charge is 0.368 e. The lowest BCUT2D eigenvalue weighted by Gasteiger charge is -1.82. The molecule has 8 heavy (non-hydrogen) atoms. The van der Waals surface area contributed by atoms with Crippen LogP contribution in [-0.2, 0) is 0 Å². The maximum absolute atomic E-state index is 3.51. The van der Waals surface area contributed by atoms with Crippen LogP contribution < -0.4 is 5.32 Å². The van der Waals surface area contributed by atoms with Crippen LogP contribution in [0.2, 0.25) is 0 Å². The van der Waals surface area contributed by atoms with Crippen LogP contribution in [0.25, 0.3) is 0 Å². The van der Waals surface area contributed by atoms with Crippen LogP contribution in [0.1, 0.15) is 6.92 Å². The molecule has 0 aliphatic heterocycles. The van der Waals surface area contributed by atoms with E-state index < -0.39 is 0 Å². The fourth-order valence-electron chi connectivity index (χ4n) is 0.275. The Morgan fingerprint density at radius 3 is 2.62 bits per heavy atom. The van der Waals surface area contributed by atoms with Crippen LogP contribution in [0.4, 0.5) is 0 Å². The Bertz CT molecular complexity index is 101. The summed E-state index contributed by atoms with van der Waals surface area (Å²) in [6.45, 7) is 5.46. The second-order valence-electron chi connectivity index (χ2n) is 1.26. The summed E-state index contributed by atoms with van der Waals surface area (Å²) < 4.78 is 0. The molecule has 0 saturated heterocycles. The zero-order chi connectivity index (χ0) is 6.24. The second-order valence-corrected chi connectivity index (χ2v) is 1.26. The first-order valence-electron chi connectivity index (χ1n) is 2.56. The van der Waals surface area contributed by atoms with Gasteiger partial charge in [0.2, 0.25) is 0 Å². The molecule has 0 saturated carbocycles. The summed E-state index contributed by atoms with van der Waals surface area (Å²) in [6, 6.07) is 0. The van der Waals surface area contributed by atoms with Gasteiger partial charge in [-0.3, -0.25) is 0 Å². The summed E-state index contributed by atoms with van der Waals surface area (Å²) >= 11 is 0. The van der Waals surface area contributed by atoms with E-state index in [0.29, 0.717) is 0 Å². The molecule has 0 fully saturated rings. The summed E-state index contributed by atoms with van der Waals surface area (Å²) in [4.78, 5) is 0. The quantitative estimate of drug-likeness (QED) is 0.545. The molecule has 0 aliphatic rings. The van der Waals surface area contributed by atoms with Crippen molar-refractivity contribution < 1.29 is 0 Å². The minimum atomic E-state index is 1.72. The third-order valence-electron chi connectivity index (χ3n) is 0.591. The van der Waals surface area contributed by atoms with E-state index in [9.17, 15) is 0 Å². The lowest BCUT2D eigenvalue weighted by Crippen LogP contribution is -1.88. The molecule has 0 bridgehead atoms. The first-order chi connectivity index (χ1) is 3.91. The van der Waals surface area contributed by atoms with Gasteiger partial charge in [0.1, 0.15) is 0 Å². The highest BCUT2D eigenvalue weighted by Crippen LogP contribution is 1.67. The number of rotatable bonds is 3. The predicted molar refractivity (Wildman–Crippen MR) is 37.3 cm³/mol. The highest BCUT2D eigenvalue weighted by molar-refractivity contribution is 4.97. The van der Waals surface area contributed by atoms with Gasteiger partial charge in [-0.1, -0.05) is 18.7 Å². The molecular weight excluding hydrogens is 98.1 g/mol. The molecule has 0 spiro atoms. The number of allylic oxidation sites excluding steroid dienone is 3. The molecule has 1 nitrogen and oxygen atoms in total. The zero-order valence-corrected chi connectivity index (χ0v) is 5.09. The first kappa shape index (κ1) is 7.02. The maximum atomic E-state index is 3.51. The number of hydrogen-bond donors (Lipinski definition) is 1. The molecule has 0 aromatic carbocycles. The molecule has 1 heteroatoms. The summed E-state index contributed by atoms with van der Waals surface area (Å²) in [5.41, 5.74) is 0. The van der Waals surface area contributed by atoms with Gasteiger partial charge in [0.05, 0.1) is 0 Å². The third-order valence-corrected chi connectivity index (χ3v) is 0.591. The van der Waals surface area contributed by atoms with Crippen molar-refractivity contribution in [2.45, 2.75) is 6.92 Å². The molecular formula is C7H11N. The van der Waals surface area contributed by atoms with Crippen molar-refractivity contribution in [1.29, 1.82) is 0 Å². The minimum absolute atomic E-state index is 1.72. The van der Waals surface area contributed by atoms with Crippen molar-refractivity contribution in [3.63, 3.8) is 0 Å². The summed E-state index contributed by atoms with van der Waals surface area (Å²) in [5, 5.41) is 2.90. The Hall–Kier alpha value is -0.980. The topological polar surface area (TPSA) is 12.0 Å². The van der Waals surface area contributed by atoms with Crippen LogP contribution in [-0.4, -0.2) is 0 Å². The third kappa shape index (κ3) is 5.02. The second kappa shape index (κ2) is 6.02. The van der Waals surface area contributed by atoms with Crippen LogP contribution in [0.5, 0.6) is 0 Å².